The van der Waals surface area contributed by atoms with Crippen molar-refractivity contribution < 1.29 is 9.90 Å². The van der Waals surface area contributed by atoms with Gasteiger partial charge in [-0.2, -0.15) is 4.91 Å². The van der Waals surface area contributed by atoms with Crippen LogP contribution in [0.5, 0.6) is 5.75 Å². The average Bonchev–Trinajstić information content (AvgIpc) is 2.60. The van der Waals surface area contributed by atoms with E-state index in [0.717, 1.165) is 0 Å². The third-order valence-electron chi connectivity index (χ3n) is 5.22. The van der Waals surface area contributed by atoms with Crippen LogP contribution >= 0.6 is 0 Å². The first-order valence-electron chi connectivity index (χ1n) is 10.1. The predicted molar refractivity (Wildman–Crippen MR) is 119 cm³/mol. The van der Waals surface area contributed by atoms with Crippen molar-refractivity contribution in [1.82, 2.24) is 0 Å². The molecule has 0 saturated heterocycles. The Morgan fingerprint density at radius 3 is 1.93 bits per heavy atom. The number of carbonyl (C=O) groups excluding carboxylic acids is 1. The molecule has 0 amide bonds. The fourth-order valence-electron chi connectivity index (χ4n) is 3.77. The van der Waals surface area contributed by atoms with Gasteiger partial charge in [-0.1, -0.05) is 90.9 Å². The van der Waals surface area contributed by atoms with E-state index in [1.165, 1.54) is 0 Å². The highest BCUT2D eigenvalue weighted by Crippen LogP contribution is 2.47. The SMILES string of the molecule is CC(C)C(N=O)c1c(C(=O)c2ccccc2)cc(C(C)(C)C)c(O)c1C(C)(C)C. The molecule has 2 aromatic carbocycles. The minimum atomic E-state index is -0.730. The van der Waals surface area contributed by atoms with Crippen LogP contribution in [0.4, 0.5) is 0 Å². The van der Waals surface area contributed by atoms with Gasteiger partial charge >= 0.3 is 0 Å². The van der Waals surface area contributed by atoms with Gasteiger partial charge in [-0.05, 0) is 28.4 Å². The fraction of sp³-hybridized carbons (Fsp3) is 0.480. The molecule has 0 radical (unpaired) electrons. The number of benzene rings is 2. The normalized spacial score (nSPS) is 13.4. The first kappa shape index (κ1) is 22.8. The first-order valence-corrected chi connectivity index (χ1v) is 10.1. The number of rotatable bonds is 5. The van der Waals surface area contributed by atoms with Crippen LogP contribution in [0.25, 0.3) is 0 Å². The molecule has 0 aliphatic carbocycles. The van der Waals surface area contributed by atoms with Crippen LogP contribution in [-0.2, 0) is 10.8 Å². The Hall–Kier alpha value is -2.49. The summed E-state index contributed by atoms with van der Waals surface area (Å²) in [5.41, 5.74) is 2.00. The van der Waals surface area contributed by atoms with Crippen LogP contribution in [0.1, 0.15) is 94.0 Å². The number of hydrogen-bond acceptors (Lipinski definition) is 4. The zero-order valence-electron chi connectivity index (χ0n) is 18.8. The lowest BCUT2D eigenvalue weighted by Gasteiger charge is -2.33. The van der Waals surface area contributed by atoms with Crippen molar-refractivity contribution in [1.29, 1.82) is 0 Å². The number of nitroso groups, excluding NO2 is 1. The van der Waals surface area contributed by atoms with E-state index < -0.39 is 11.5 Å². The molecule has 1 atom stereocenters. The van der Waals surface area contributed by atoms with Gasteiger partial charge in [0.05, 0.1) is 0 Å². The number of hydrogen-bond donors (Lipinski definition) is 1. The summed E-state index contributed by atoms with van der Waals surface area (Å²) >= 11 is 0. The van der Waals surface area contributed by atoms with Crippen molar-refractivity contribution in [3.05, 3.63) is 69.1 Å². The maximum Gasteiger partial charge on any atom is 0.193 e. The molecule has 0 bridgehead atoms. The number of phenolic OH excluding ortho intramolecular Hbond substituents is 1. The second-order valence-corrected chi connectivity index (χ2v) is 10.1. The maximum absolute atomic E-state index is 13.6. The summed E-state index contributed by atoms with van der Waals surface area (Å²) < 4.78 is 0. The Kier molecular flexibility index (Phi) is 6.36. The lowest BCUT2D eigenvalue weighted by Crippen LogP contribution is -2.24. The number of ketones is 1. The largest absolute Gasteiger partial charge is 0.507 e. The fourth-order valence-corrected chi connectivity index (χ4v) is 3.77. The highest BCUT2D eigenvalue weighted by atomic mass is 16.3. The summed E-state index contributed by atoms with van der Waals surface area (Å²) in [6.45, 7) is 15.8. The summed E-state index contributed by atoms with van der Waals surface area (Å²) in [5, 5.41) is 14.7. The third-order valence-corrected chi connectivity index (χ3v) is 5.22. The molecule has 0 saturated carbocycles. The van der Waals surface area contributed by atoms with Crippen LogP contribution in [0.3, 0.4) is 0 Å². The van der Waals surface area contributed by atoms with Crippen molar-refractivity contribution in [3.63, 3.8) is 0 Å². The monoisotopic (exact) mass is 395 g/mol. The Labute approximate surface area is 174 Å². The van der Waals surface area contributed by atoms with E-state index in [-0.39, 0.29) is 22.9 Å². The molecule has 1 unspecified atom stereocenters. The summed E-state index contributed by atoms with van der Waals surface area (Å²) in [6.07, 6.45) is 0. The Morgan fingerprint density at radius 2 is 1.52 bits per heavy atom. The molecular weight excluding hydrogens is 362 g/mol. The number of nitrogens with zero attached hydrogens (tertiary/aromatic N) is 1. The molecule has 0 aliphatic rings. The predicted octanol–water partition coefficient (Wildman–Crippen LogP) is 6.68. The van der Waals surface area contributed by atoms with Gasteiger partial charge in [0.2, 0.25) is 0 Å². The lowest BCUT2D eigenvalue weighted by molar-refractivity contribution is 0.103. The van der Waals surface area contributed by atoms with E-state index in [1.54, 1.807) is 18.2 Å². The van der Waals surface area contributed by atoms with E-state index in [9.17, 15) is 14.8 Å². The topological polar surface area (TPSA) is 66.7 Å². The second-order valence-electron chi connectivity index (χ2n) is 10.1. The summed E-state index contributed by atoms with van der Waals surface area (Å²) in [5.74, 6) is -0.124. The number of aromatic hydroxyl groups is 1. The van der Waals surface area contributed by atoms with Gasteiger partial charge in [-0.3, -0.25) is 4.79 Å². The van der Waals surface area contributed by atoms with Crippen molar-refractivity contribution >= 4 is 5.78 Å². The van der Waals surface area contributed by atoms with E-state index in [1.807, 2.05) is 73.6 Å². The van der Waals surface area contributed by atoms with Gasteiger partial charge in [-0.15, -0.1) is 0 Å². The van der Waals surface area contributed by atoms with Gasteiger partial charge < -0.3 is 5.11 Å². The Morgan fingerprint density at radius 1 is 0.966 bits per heavy atom. The lowest BCUT2D eigenvalue weighted by atomic mass is 9.72. The first-order chi connectivity index (χ1) is 13.3. The standard InChI is InChI=1S/C25H33NO3/c1-15(2)21(26-29)19-17(22(27)16-12-10-9-11-13-16)14-18(24(3,4)5)23(28)20(19)25(6,7)8/h9-15,21,28H,1-8H3. The second kappa shape index (κ2) is 8.10. The average molecular weight is 396 g/mol. The number of phenols is 1. The van der Waals surface area contributed by atoms with E-state index >= 15 is 0 Å². The molecule has 0 spiro atoms. The molecule has 0 heterocycles. The third kappa shape index (κ3) is 4.58. The van der Waals surface area contributed by atoms with Crippen LogP contribution in [0.2, 0.25) is 0 Å². The van der Waals surface area contributed by atoms with Crippen LogP contribution in [-0.4, -0.2) is 10.9 Å². The zero-order chi connectivity index (χ0) is 22.1. The Bertz CT molecular complexity index is 900. The molecule has 2 aromatic rings. The summed E-state index contributed by atoms with van der Waals surface area (Å²) in [6, 6.07) is 10.1. The molecule has 29 heavy (non-hydrogen) atoms. The smallest absolute Gasteiger partial charge is 0.193 e. The number of carbonyl (C=O) groups is 1. The van der Waals surface area contributed by atoms with Crippen LogP contribution in [0, 0.1) is 10.8 Å². The molecule has 0 aromatic heterocycles. The highest BCUT2D eigenvalue weighted by molar-refractivity contribution is 6.10. The molecule has 0 fully saturated rings. The van der Waals surface area contributed by atoms with Crippen LogP contribution in [0.15, 0.2) is 41.6 Å². The molecule has 156 valence electrons. The molecule has 2 rings (SSSR count). The molecule has 0 aliphatic heterocycles. The van der Waals surface area contributed by atoms with Gasteiger partial charge in [0.15, 0.2) is 5.78 Å². The summed E-state index contributed by atoms with van der Waals surface area (Å²) in [7, 11) is 0. The van der Waals surface area contributed by atoms with E-state index in [2.05, 4.69) is 5.18 Å². The van der Waals surface area contributed by atoms with Crippen molar-refractivity contribution in [2.24, 2.45) is 11.1 Å². The van der Waals surface area contributed by atoms with Gasteiger partial charge in [-0.25, -0.2) is 0 Å². The Balaban J connectivity index is 3.03. The quantitative estimate of drug-likeness (QED) is 0.453. The molecule has 4 heteroatoms. The van der Waals surface area contributed by atoms with Crippen molar-refractivity contribution in [3.8, 4) is 5.75 Å². The van der Waals surface area contributed by atoms with E-state index in [0.29, 0.717) is 27.8 Å². The van der Waals surface area contributed by atoms with Crippen molar-refractivity contribution in [2.45, 2.75) is 72.3 Å². The maximum atomic E-state index is 13.6. The highest BCUT2D eigenvalue weighted by Gasteiger charge is 2.36. The van der Waals surface area contributed by atoms with E-state index in [4.69, 9.17) is 0 Å². The van der Waals surface area contributed by atoms with Gasteiger partial charge in [0.1, 0.15) is 11.8 Å². The van der Waals surface area contributed by atoms with Crippen LogP contribution < -0.4 is 0 Å². The van der Waals surface area contributed by atoms with Gasteiger partial charge in [0.25, 0.3) is 0 Å². The summed E-state index contributed by atoms with van der Waals surface area (Å²) in [4.78, 5) is 25.4. The minimum absolute atomic E-state index is 0.115. The van der Waals surface area contributed by atoms with Crippen molar-refractivity contribution in [2.75, 3.05) is 0 Å². The zero-order valence-corrected chi connectivity index (χ0v) is 18.8. The molecular formula is C25H33NO3. The van der Waals surface area contributed by atoms with Gasteiger partial charge in [0, 0.05) is 22.3 Å². The molecule has 4 nitrogen and oxygen atoms in total. The minimum Gasteiger partial charge on any atom is -0.507 e. The molecule has 1 N–H and O–H groups in total.